The molecule has 4 aromatic rings. The molecule has 0 aliphatic carbocycles. The molecule has 2 N–H and O–H groups in total. The topological polar surface area (TPSA) is 130 Å². The molecule has 0 aliphatic rings. The Morgan fingerprint density at radius 1 is 0.977 bits per heavy atom. The van der Waals surface area contributed by atoms with Crippen LogP contribution in [0.1, 0.15) is 16.9 Å². The van der Waals surface area contributed by atoms with Gasteiger partial charge in [-0.25, -0.2) is 13.8 Å². The number of sulfonamides is 1. The number of anilines is 1. The predicted octanol–water partition coefficient (Wildman–Crippen LogP) is 4.99. The Kier molecular flexibility index (Phi) is 10.3. The van der Waals surface area contributed by atoms with Gasteiger partial charge >= 0.3 is 6.18 Å². The maximum atomic E-state index is 13.5. The Balaban J connectivity index is 1.40. The zero-order valence-corrected chi connectivity index (χ0v) is 24.2. The monoisotopic (exact) mass is 648 g/mol. The third-order valence-corrected chi connectivity index (χ3v) is 7.97. The number of alkyl halides is 3. The van der Waals surface area contributed by atoms with Crippen molar-refractivity contribution in [1.82, 2.24) is 10.7 Å². The van der Waals surface area contributed by atoms with Crippen LogP contribution in [0.15, 0.2) is 106 Å². The summed E-state index contributed by atoms with van der Waals surface area (Å²) < 4.78 is 78.4. The normalized spacial score (nSPS) is 11.7. The molecule has 3 aromatic carbocycles. The van der Waals surface area contributed by atoms with Crippen molar-refractivity contribution in [3.05, 3.63) is 113 Å². The molecular weight excluding hydrogens is 625 g/mol. The molecule has 0 saturated heterocycles. The summed E-state index contributed by atoms with van der Waals surface area (Å²) in [6, 6.07) is 19.2. The summed E-state index contributed by atoms with van der Waals surface area (Å²) in [7, 11) is -4.47. The first-order valence-corrected chi connectivity index (χ1v) is 14.5. The van der Waals surface area contributed by atoms with E-state index in [0.717, 1.165) is 12.1 Å². The van der Waals surface area contributed by atoms with E-state index in [1.54, 1.807) is 42.5 Å². The summed E-state index contributed by atoms with van der Waals surface area (Å²) in [5, 5.41) is 5.82. The minimum absolute atomic E-state index is 0.223. The minimum Gasteiger partial charge on any atom is -0.484 e. The zero-order valence-electron chi connectivity index (χ0n) is 22.6. The molecule has 0 bridgehead atoms. The summed E-state index contributed by atoms with van der Waals surface area (Å²) in [6.07, 6.45) is -2.11. The number of benzene rings is 3. The molecule has 44 heavy (non-hydrogen) atoms. The van der Waals surface area contributed by atoms with Crippen LogP contribution in [0.4, 0.5) is 18.9 Å². The molecule has 0 unspecified atom stereocenters. The Bertz CT molecular complexity index is 1720. The molecule has 0 fully saturated rings. The van der Waals surface area contributed by atoms with Gasteiger partial charge in [0.05, 0.1) is 40.2 Å². The third-order valence-electron chi connectivity index (χ3n) is 5.85. The van der Waals surface area contributed by atoms with Gasteiger partial charge in [-0.15, -0.1) is 0 Å². The fourth-order valence-corrected chi connectivity index (χ4v) is 5.37. The van der Waals surface area contributed by atoms with Crippen molar-refractivity contribution in [3.8, 4) is 5.75 Å². The number of furan rings is 1. The quantitative estimate of drug-likeness (QED) is 0.164. The van der Waals surface area contributed by atoms with E-state index in [2.05, 4.69) is 15.8 Å². The van der Waals surface area contributed by atoms with Crippen molar-refractivity contribution in [2.45, 2.75) is 17.6 Å². The second-order valence-electron chi connectivity index (χ2n) is 8.99. The van der Waals surface area contributed by atoms with Crippen LogP contribution >= 0.6 is 11.6 Å². The number of amides is 2. The summed E-state index contributed by atoms with van der Waals surface area (Å²) in [5.41, 5.74) is 1.01. The number of ether oxygens (including phenoxy) is 1. The lowest BCUT2D eigenvalue weighted by Gasteiger charge is -2.24. The molecule has 0 radical (unpaired) electrons. The largest absolute Gasteiger partial charge is 0.484 e. The van der Waals surface area contributed by atoms with Crippen molar-refractivity contribution >= 4 is 45.3 Å². The summed E-state index contributed by atoms with van der Waals surface area (Å²) in [6.45, 7) is -0.895. The molecule has 1 heterocycles. The standard InChI is InChI=1S/C29H24ClF3N4O6S/c30-26-13-10-21(15-25(26)29(31,32)33)37(44(40,41)24-6-2-1-3-7-24)18-27(38)36-35-16-20-8-11-22(12-9-20)43-19-28(39)34-17-23-5-4-14-42-23/h1-16H,17-19H2,(H,34,39)(H,36,38)/b35-16-. The lowest BCUT2D eigenvalue weighted by molar-refractivity contribution is -0.137. The average Bonchev–Trinajstić information content (AvgIpc) is 3.52. The number of nitrogens with one attached hydrogen (secondary N) is 2. The van der Waals surface area contributed by atoms with Crippen molar-refractivity contribution in [2.24, 2.45) is 5.10 Å². The van der Waals surface area contributed by atoms with E-state index in [0.29, 0.717) is 27.4 Å². The van der Waals surface area contributed by atoms with E-state index < -0.39 is 44.9 Å². The van der Waals surface area contributed by atoms with Crippen molar-refractivity contribution in [1.29, 1.82) is 0 Å². The number of halogens is 4. The van der Waals surface area contributed by atoms with E-state index >= 15 is 0 Å². The highest BCUT2D eigenvalue weighted by Crippen LogP contribution is 2.38. The Morgan fingerprint density at radius 3 is 2.36 bits per heavy atom. The van der Waals surface area contributed by atoms with Gasteiger partial charge in [0.2, 0.25) is 0 Å². The first kappa shape index (κ1) is 32.1. The van der Waals surface area contributed by atoms with Crippen LogP contribution in [0.25, 0.3) is 0 Å². The van der Waals surface area contributed by atoms with Crippen LogP contribution < -0.4 is 19.8 Å². The average molecular weight is 649 g/mol. The summed E-state index contributed by atoms with van der Waals surface area (Å²) >= 11 is 5.71. The highest BCUT2D eigenvalue weighted by atomic mass is 35.5. The van der Waals surface area contributed by atoms with E-state index in [1.165, 1.54) is 36.7 Å². The van der Waals surface area contributed by atoms with Gasteiger partial charge in [-0.2, -0.15) is 18.3 Å². The van der Waals surface area contributed by atoms with Gasteiger partial charge in [0.15, 0.2) is 6.61 Å². The number of hydrogen-bond donors (Lipinski definition) is 2. The molecule has 2 amide bonds. The van der Waals surface area contributed by atoms with Gasteiger partial charge in [0, 0.05) is 0 Å². The molecule has 10 nitrogen and oxygen atoms in total. The molecule has 4 rings (SSSR count). The molecule has 15 heteroatoms. The highest BCUT2D eigenvalue weighted by molar-refractivity contribution is 7.92. The van der Waals surface area contributed by atoms with E-state index in [1.807, 2.05) is 0 Å². The van der Waals surface area contributed by atoms with Crippen molar-refractivity contribution in [2.75, 3.05) is 17.5 Å². The zero-order chi connectivity index (χ0) is 31.7. The fourth-order valence-electron chi connectivity index (χ4n) is 3.71. The summed E-state index contributed by atoms with van der Waals surface area (Å²) in [5.74, 6) is -0.293. The SMILES string of the molecule is O=C(COc1ccc(/C=N\NC(=O)CN(c2ccc(Cl)c(C(F)(F)F)c2)S(=O)(=O)c2ccccc2)cc1)NCc1ccco1. The Labute approximate surface area is 255 Å². The minimum atomic E-state index is -4.87. The molecule has 0 spiro atoms. The molecule has 0 aliphatic heterocycles. The maximum Gasteiger partial charge on any atom is 0.417 e. The molecule has 0 atom stereocenters. The number of carbonyl (C=O) groups is 2. The molecular formula is C29H24ClF3N4O6S. The molecule has 1 aromatic heterocycles. The van der Waals surface area contributed by atoms with E-state index in [9.17, 15) is 31.2 Å². The van der Waals surface area contributed by atoms with Crippen LogP contribution in [0.2, 0.25) is 5.02 Å². The van der Waals surface area contributed by atoms with Crippen LogP contribution in [0, 0.1) is 0 Å². The lowest BCUT2D eigenvalue weighted by Crippen LogP contribution is -2.39. The Morgan fingerprint density at radius 2 is 1.70 bits per heavy atom. The number of rotatable bonds is 12. The van der Waals surface area contributed by atoms with Gasteiger partial charge in [0.25, 0.3) is 21.8 Å². The molecule has 230 valence electrons. The van der Waals surface area contributed by atoms with Crippen molar-refractivity contribution < 1.29 is 40.3 Å². The van der Waals surface area contributed by atoms with Crippen LogP contribution in [0.5, 0.6) is 5.75 Å². The predicted molar refractivity (Wildman–Crippen MR) is 156 cm³/mol. The van der Waals surface area contributed by atoms with Gasteiger partial charge in [-0.3, -0.25) is 13.9 Å². The lowest BCUT2D eigenvalue weighted by atomic mass is 10.2. The number of carbonyl (C=O) groups excluding carboxylic acids is 2. The maximum absolute atomic E-state index is 13.5. The number of hydrazone groups is 1. The second kappa shape index (κ2) is 14.1. The van der Waals surface area contributed by atoms with E-state index in [4.69, 9.17) is 20.8 Å². The van der Waals surface area contributed by atoms with Gasteiger partial charge in [-0.1, -0.05) is 29.8 Å². The Hall–Kier alpha value is -4.82. The highest BCUT2D eigenvalue weighted by Gasteiger charge is 2.35. The van der Waals surface area contributed by atoms with Gasteiger partial charge in [-0.05, 0) is 72.3 Å². The van der Waals surface area contributed by atoms with Crippen LogP contribution in [-0.2, 0) is 32.3 Å². The van der Waals surface area contributed by atoms with Crippen molar-refractivity contribution in [3.63, 3.8) is 0 Å². The van der Waals surface area contributed by atoms with Crippen LogP contribution in [-0.4, -0.2) is 39.6 Å². The first-order chi connectivity index (χ1) is 20.9. The fraction of sp³-hybridized carbons (Fsp3) is 0.138. The number of nitrogens with zero attached hydrogens (tertiary/aromatic N) is 2. The van der Waals surface area contributed by atoms with Gasteiger partial charge in [0.1, 0.15) is 18.1 Å². The van der Waals surface area contributed by atoms with Crippen LogP contribution in [0.3, 0.4) is 0 Å². The first-order valence-electron chi connectivity index (χ1n) is 12.7. The number of hydrogen-bond acceptors (Lipinski definition) is 7. The summed E-state index contributed by atoms with van der Waals surface area (Å²) in [4.78, 5) is 24.4. The molecule has 0 saturated carbocycles. The second-order valence-corrected chi connectivity index (χ2v) is 11.3. The van der Waals surface area contributed by atoms with Gasteiger partial charge < -0.3 is 14.5 Å². The third kappa shape index (κ3) is 8.61. The smallest absolute Gasteiger partial charge is 0.417 e. The van der Waals surface area contributed by atoms with E-state index in [-0.39, 0.29) is 24.0 Å².